The summed E-state index contributed by atoms with van der Waals surface area (Å²) in [6.07, 6.45) is 3.17. The summed E-state index contributed by atoms with van der Waals surface area (Å²) in [4.78, 5) is 30.9. The van der Waals surface area contributed by atoms with Gasteiger partial charge in [-0.25, -0.2) is 0 Å². The van der Waals surface area contributed by atoms with E-state index in [1.807, 2.05) is 44.3 Å². The third kappa shape index (κ3) is 1.47. The first-order valence-electron chi connectivity index (χ1n) is 9.93. The molecule has 0 aromatic heterocycles. The number of aldehydes is 1. The van der Waals surface area contributed by atoms with E-state index >= 15 is 0 Å². The molecule has 1 spiro atoms. The number of likely N-dealkylation sites (N-methyl/N-ethyl adjacent to an activating group) is 1. The zero-order chi connectivity index (χ0) is 19.9. The second kappa shape index (κ2) is 5.45. The molecule has 4 fully saturated rings. The average Bonchev–Trinajstić information content (AvgIpc) is 3.10. The van der Waals surface area contributed by atoms with Crippen LogP contribution in [0.25, 0.3) is 0 Å². The SMILES string of the molecule is CC=C1CN2CC[C@@]34c5ccccc5N(C)[C@@]23[C@H](O)C[C@@H]1[C@@]4(C=O)C(=O)OC. The van der Waals surface area contributed by atoms with Crippen molar-refractivity contribution in [3.05, 3.63) is 41.5 Å². The summed E-state index contributed by atoms with van der Waals surface area (Å²) in [5.74, 6) is -0.868. The van der Waals surface area contributed by atoms with Gasteiger partial charge in [-0.2, -0.15) is 0 Å². The fourth-order valence-corrected chi connectivity index (χ4v) is 7.38. The van der Waals surface area contributed by atoms with E-state index in [0.29, 0.717) is 25.9 Å². The monoisotopic (exact) mass is 382 g/mol. The fraction of sp³-hybridized carbons (Fsp3) is 0.545. The van der Waals surface area contributed by atoms with Crippen molar-refractivity contribution in [2.45, 2.75) is 36.9 Å². The van der Waals surface area contributed by atoms with E-state index in [9.17, 15) is 14.7 Å². The first-order valence-corrected chi connectivity index (χ1v) is 9.93. The molecule has 3 saturated heterocycles. The van der Waals surface area contributed by atoms with Crippen LogP contribution in [0.5, 0.6) is 0 Å². The molecule has 4 heterocycles. The van der Waals surface area contributed by atoms with Gasteiger partial charge in [0.2, 0.25) is 0 Å². The maximum absolute atomic E-state index is 13.5. The highest BCUT2D eigenvalue weighted by Gasteiger charge is 2.84. The number of fused-ring (bicyclic) bond motifs is 3. The lowest BCUT2D eigenvalue weighted by Gasteiger charge is -2.59. The Bertz CT molecular complexity index is 914. The van der Waals surface area contributed by atoms with E-state index in [-0.39, 0.29) is 5.92 Å². The van der Waals surface area contributed by atoms with Gasteiger partial charge in [0.15, 0.2) is 0 Å². The Morgan fingerprint density at radius 2 is 2.11 bits per heavy atom. The van der Waals surface area contributed by atoms with Gasteiger partial charge in [0.05, 0.1) is 18.6 Å². The maximum Gasteiger partial charge on any atom is 0.320 e. The van der Waals surface area contributed by atoms with Crippen molar-refractivity contribution in [3.63, 3.8) is 0 Å². The Balaban J connectivity index is 1.97. The van der Waals surface area contributed by atoms with Crippen LogP contribution in [0.4, 0.5) is 5.69 Å². The number of methoxy groups -OCH3 is 1. The summed E-state index contributed by atoms with van der Waals surface area (Å²) in [5, 5.41) is 11.6. The molecule has 6 rings (SSSR count). The van der Waals surface area contributed by atoms with Crippen LogP contribution in [0.3, 0.4) is 0 Å². The number of rotatable bonds is 2. The van der Waals surface area contributed by atoms with Crippen LogP contribution in [0.15, 0.2) is 35.9 Å². The second-order valence-electron chi connectivity index (χ2n) is 8.53. The van der Waals surface area contributed by atoms with Gasteiger partial charge >= 0.3 is 5.97 Å². The Morgan fingerprint density at radius 1 is 1.36 bits per heavy atom. The van der Waals surface area contributed by atoms with E-state index in [2.05, 4.69) is 9.80 Å². The number of carbonyl (C=O) groups excluding carboxylic acids is 2. The van der Waals surface area contributed by atoms with Gasteiger partial charge in [-0.05, 0) is 31.4 Å². The van der Waals surface area contributed by atoms with Crippen LogP contribution in [0, 0.1) is 11.3 Å². The predicted molar refractivity (Wildman–Crippen MR) is 104 cm³/mol. The van der Waals surface area contributed by atoms with Crippen molar-refractivity contribution in [2.24, 2.45) is 11.3 Å². The molecule has 0 radical (unpaired) electrons. The molecule has 1 unspecified atom stereocenters. The van der Waals surface area contributed by atoms with Gasteiger partial charge in [-0.3, -0.25) is 9.69 Å². The number of aliphatic hydroxyl groups is 1. The molecule has 0 amide bonds. The molecular formula is C22H26N2O4. The number of para-hydroxylation sites is 1. The van der Waals surface area contributed by atoms with Crippen molar-refractivity contribution < 1.29 is 19.4 Å². The molecule has 6 heteroatoms. The molecule has 148 valence electrons. The van der Waals surface area contributed by atoms with Gasteiger partial charge in [0.1, 0.15) is 17.4 Å². The van der Waals surface area contributed by atoms with Gasteiger partial charge in [-0.1, -0.05) is 29.8 Å². The number of carbonyl (C=O) groups is 2. The third-order valence-corrected chi connectivity index (χ3v) is 8.18. The highest BCUT2D eigenvalue weighted by atomic mass is 16.5. The Kier molecular flexibility index (Phi) is 3.48. The van der Waals surface area contributed by atoms with Gasteiger partial charge in [0, 0.05) is 31.7 Å². The molecule has 5 aliphatic rings. The summed E-state index contributed by atoms with van der Waals surface area (Å²) in [6, 6.07) is 7.96. The molecule has 1 aromatic rings. The minimum atomic E-state index is -1.37. The van der Waals surface area contributed by atoms with Crippen LogP contribution in [-0.4, -0.2) is 61.3 Å². The van der Waals surface area contributed by atoms with Crippen molar-refractivity contribution in [1.29, 1.82) is 0 Å². The minimum Gasteiger partial charge on any atom is -0.468 e. The molecule has 4 aliphatic heterocycles. The first-order chi connectivity index (χ1) is 13.5. The van der Waals surface area contributed by atoms with E-state index in [1.54, 1.807) is 0 Å². The summed E-state index contributed by atoms with van der Waals surface area (Å²) < 4.78 is 5.30. The summed E-state index contributed by atoms with van der Waals surface area (Å²) in [5.41, 5.74) is -0.0766. The molecule has 1 aliphatic carbocycles. The fourth-order valence-electron chi connectivity index (χ4n) is 7.38. The lowest BCUT2D eigenvalue weighted by molar-refractivity contribution is -0.179. The molecule has 6 nitrogen and oxygen atoms in total. The molecule has 28 heavy (non-hydrogen) atoms. The number of hydrogen-bond donors (Lipinski definition) is 1. The predicted octanol–water partition coefficient (Wildman–Crippen LogP) is 1.48. The number of anilines is 1. The minimum absolute atomic E-state index is 0.365. The molecule has 1 N–H and O–H groups in total. The average molecular weight is 382 g/mol. The molecule has 4 bridgehead atoms. The van der Waals surface area contributed by atoms with Crippen molar-refractivity contribution in [1.82, 2.24) is 4.90 Å². The maximum atomic E-state index is 13.5. The first kappa shape index (κ1) is 17.9. The van der Waals surface area contributed by atoms with Crippen LogP contribution >= 0.6 is 0 Å². The highest BCUT2D eigenvalue weighted by Crippen LogP contribution is 2.73. The smallest absolute Gasteiger partial charge is 0.320 e. The van der Waals surface area contributed by atoms with Gasteiger partial charge in [0.25, 0.3) is 0 Å². The summed E-state index contributed by atoms with van der Waals surface area (Å²) in [6.45, 7) is 3.31. The topological polar surface area (TPSA) is 70.1 Å². The highest BCUT2D eigenvalue weighted by molar-refractivity contribution is 5.99. The molecule has 1 saturated carbocycles. The van der Waals surface area contributed by atoms with Crippen LogP contribution in [0.1, 0.15) is 25.3 Å². The largest absolute Gasteiger partial charge is 0.468 e. The van der Waals surface area contributed by atoms with E-state index in [0.717, 1.165) is 23.1 Å². The number of benzene rings is 1. The van der Waals surface area contributed by atoms with Crippen molar-refractivity contribution in [3.8, 4) is 0 Å². The normalized spacial score (nSPS) is 44.2. The van der Waals surface area contributed by atoms with Crippen molar-refractivity contribution >= 4 is 17.9 Å². The zero-order valence-electron chi connectivity index (χ0n) is 16.5. The van der Waals surface area contributed by atoms with E-state index in [1.165, 1.54) is 7.11 Å². The standard InChI is InChI=1S/C22H26N2O4/c1-4-14-12-24-10-9-21-15-7-5-6-8-17(15)23(2)22(21,24)18(26)11-16(14)20(21,13-25)19(27)28-3/h4-8,13,16,18,26H,9-12H2,1-3H3/t16-,18+,20-,21-,22-/m0/s1. The lowest BCUT2D eigenvalue weighted by Crippen LogP contribution is -2.76. The molecular weight excluding hydrogens is 356 g/mol. The quantitative estimate of drug-likeness (QED) is 0.362. The zero-order valence-corrected chi connectivity index (χ0v) is 16.5. The van der Waals surface area contributed by atoms with Gasteiger partial charge < -0.3 is 19.5 Å². The van der Waals surface area contributed by atoms with Gasteiger partial charge in [-0.15, -0.1) is 0 Å². The molecule has 6 atom stereocenters. The number of ether oxygens (including phenoxy) is 1. The lowest BCUT2D eigenvalue weighted by atomic mass is 9.45. The van der Waals surface area contributed by atoms with Crippen LogP contribution in [0.2, 0.25) is 0 Å². The Labute approximate surface area is 164 Å². The van der Waals surface area contributed by atoms with Crippen molar-refractivity contribution in [2.75, 3.05) is 32.1 Å². The number of aliphatic hydroxyl groups excluding tert-OH is 1. The van der Waals surface area contributed by atoms with E-state index in [4.69, 9.17) is 4.74 Å². The van der Waals surface area contributed by atoms with E-state index < -0.39 is 28.6 Å². The second-order valence-corrected chi connectivity index (χ2v) is 8.53. The number of esters is 1. The number of nitrogens with zero attached hydrogens (tertiary/aromatic N) is 2. The molecule has 1 aromatic carbocycles. The Morgan fingerprint density at radius 3 is 2.79 bits per heavy atom. The number of allylic oxidation sites excluding steroid dienone is 1. The summed E-state index contributed by atoms with van der Waals surface area (Å²) in [7, 11) is 3.34. The van der Waals surface area contributed by atoms with Crippen LogP contribution < -0.4 is 4.90 Å². The summed E-state index contributed by atoms with van der Waals surface area (Å²) >= 11 is 0. The Hall–Kier alpha value is -2.18. The van der Waals surface area contributed by atoms with Crippen LogP contribution in [-0.2, 0) is 19.7 Å². The third-order valence-electron chi connectivity index (χ3n) is 8.18. The number of hydrogen-bond acceptors (Lipinski definition) is 6.